The van der Waals surface area contributed by atoms with Gasteiger partial charge in [0.05, 0.1) is 6.61 Å². The molecule has 0 fully saturated rings. The van der Waals surface area contributed by atoms with Gasteiger partial charge in [-0.25, -0.2) is 0 Å². The molecule has 0 aliphatic carbocycles. The second-order valence-electron chi connectivity index (χ2n) is 3.75. The van der Waals surface area contributed by atoms with E-state index in [1.165, 1.54) is 5.56 Å². The van der Waals surface area contributed by atoms with Crippen LogP contribution in [0.4, 0.5) is 0 Å². The molecule has 0 aliphatic heterocycles. The first-order valence-electron chi connectivity index (χ1n) is 4.86. The minimum Gasteiger partial charge on any atom is -0.491 e. The van der Waals surface area contributed by atoms with E-state index in [9.17, 15) is 4.57 Å². The van der Waals surface area contributed by atoms with E-state index < -0.39 is 7.37 Å². The third-order valence-corrected chi connectivity index (χ3v) is 2.58. The molecule has 0 N–H and O–H groups in total. The monoisotopic (exact) mass is 228 g/mol. The average molecular weight is 228 g/mol. The van der Waals surface area contributed by atoms with Crippen LogP contribution in [0.5, 0.6) is 5.75 Å². The Hall–Kier alpha value is -0.790. The minimum absolute atomic E-state index is 0.359. The summed E-state index contributed by atoms with van der Waals surface area (Å²) in [6.45, 7) is 6.00. The highest BCUT2D eigenvalue weighted by Gasteiger charge is 2.05. The molecular formula is C11H17O3P. The fraction of sp³-hybridized carbons (Fsp3) is 0.455. The van der Waals surface area contributed by atoms with E-state index in [1.807, 2.05) is 31.2 Å². The van der Waals surface area contributed by atoms with Gasteiger partial charge in [0.25, 0.3) is 0 Å². The number of rotatable bonds is 5. The van der Waals surface area contributed by atoms with Crippen LogP contribution in [0.25, 0.3) is 0 Å². The van der Waals surface area contributed by atoms with Gasteiger partial charge in [-0.3, -0.25) is 4.57 Å². The molecule has 0 heterocycles. The highest BCUT2D eigenvalue weighted by Crippen LogP contribution is 2.36. The molecule has 0 amide bonds. The van der Waals surface area contributed by atoms with Crippen LogP contribution in [0.15, 0.2) is 24.3 Å². The molecule has 0 aliphatic rings. The average Bonchev–Trinajstić information content (AvgIpc) is 2.14. The molecule has 4 heteroatoms. The van der Waals surface area contributed by atoms with Gasteiger partial charge in [0.1, 0.15) is 12.4 Å². The van der Waals surface area contributed by atoms with Crippen molar-refractivity contribution in [1.82, 2.24) is 0 Å². The summed E-state index contributed by atoms with van der Waals surface area (Å²) >= 11 is 0. The molecule has 0 saturated carbocycles. The molecule has 0 radical (unpaired) electrons. The Morgan fingerprint density at radius 3 is 2.27 bits per heavy atom. The molecule has 0 bridgehead atoms. The lowest BCUT2D eigenvalue weighted by Crippen LogP contribution is -2.04. The summed E-state index contributed by atoms with van der Waals surface area (Å²) in [6, 6.07) is 7.79. The second-order valence-corrected chi connectivity index (χ2v) is 6.51. The molecule has 0 spiro atoms. The van der Waals surface area contributed by atoms with Crippen molar-refractivity contribution in [3.63, 3.8) is 0 Å². The molecule has 3 nitrogen and oxygen atoms in total. The maximum atomic E-state index is 11.2. The van der Waals surface area contributed by atoms with Crippen molar-refractivity contribution in [2.24, 2.45) is 0 Å². The van der Waals surface area contributed by atoms with Crippen LogP contribution in [0, 0.1) is 6.92 Å². The Morgan fingerprint density at radius 1 is 1.13 bits per heavy atom. The molecule has 0 aromatic heterocycles. The normalized spacial score (nSPS) is 11.4. The van der Waals surface area contributed by atoms with Crippen LogP contribution in [0.2, 0.25) is 0 Å². The number of aryl methyl sites for hydroxylation is 1. The predicted octanol–water partition coefficient (Wildman–Crippen LogP) is 2.93. The summed E-state index contributed by atoms with van der Waals surface area (Å²) in [5.41, 5.74) is 1.20. The summed E-state index contributed by atoms with van der Waals surface area (Å²) in [5, 5.41) is 0. The van der Waals surface area contributed by atoms with Gasteiger partial charge in [-0.2, -0.15) is 0 Å². The molecule has 1 aromatic carbocycles. The number of hydrogen-bond donors (Lipinski definition) is 0. The van der Waals surface area contributed by atoms with Crippen molar-refractivity contribution in [2.75, 3.05) is 26.5 Å². The third kappa shape index (κ3) is 5.60. The Labute approximate surface area is 90.9 Å². The van der Waals surface area contributed by atoms with Crippen molar-refractivity contribution in [2.45, 2.75) is 6.92 Å². The van der Waals surface area contributed by atoms with Gasteiger partial charge in [-0.05, 0) is 19.1 Å². The molecule has 15 heavy (non-hydrogen) atoms. The molecule has 84 valence electrons. The second kappa shape index (κ2) is 5.34. The summed E-state index contributed by atoms with van der Waals surface area (Å²) in [5.74, 6) is 0.811. The zero-order valence-electron chi connectivity index (χ0n) is 9.40. The topological polar surface area (TPSA) is 35.5 Å². The van der Waals surface area contributed by atoms with Crippen LogP contribution in [-0.2, 0) is 9.09 Å². The maximum Gasteiger partial charge on any atom is 0.197 e. The molecule has 0 atom stereocenters. The van der Waals surface area contributed by atoms with Crippen LogP contribution in [0.3, 0.4) is 0 Å². The Morgan fingerprint density at radius 2 is 1.73 bits per heavy atom. The van der Waals surface area contributed by atoms with E-state index in [0.29, 0.717) is 13.2 Å². The number of ether oxygens (including phenoxy) is 1. The summed E-state index contributed by atoms with van der Waals surface area (Å²) in [6.07, 6.45) is 0. The molecule has 1 aromatic rings. The lowest BCUT2D eigenvalue weighted by atomic mass is 10.2. The van der Waals surface area contributed by atoms with E-state index in [0.717, 1.165) is 5.75 Å². The highest BCUT2D eigenvalue weighted by atomic mass is 31.2. The predicted molar refractivity (Wildman–Crippen MR) is 62.1 cm³/mol. The minimum atomic E-state index is -2.37. The van der Waals surface area contributed by atoms with Crippen molar-refractivity contribution in [3.05, 3.63) is 29.8 Å². The first-order chi connectivity index (χ1) is 6.97. The lowest BCUT2D eigenvalue weighted by molar-refractivity contribution is 0.221. The van der Waals surface area contributed by atoms with Crippen molar-refractivity contribution in [3.8, 4) is 5.75 Å². The van der Waals surface area contributed by atoms with E-state index >= 15 is 0 Å². The number of benzene rings is 1. The van der Waals surface area contributed by atoms with Crippen LogP contribution >= 0.6 is 7.37 Å². The zero-order valence-corrected chi connectivity index (χ0v) is 10.3. The SMILES string of the molecule is Cc1ccc(OCCOP(C)(C)=O)cc1. The highest BCUT2D eigenvalue weighted by molar-refractivity contribution is 7.57. The fourth-order valence-electron chi connectivity index (χ4n) is 1.05. The Balaban J connectivity index is 2.26. The zero-order chi connectivity index (χ0) is 11.3. The van der Waals surface area contributed by atoms with E-state index in [1.54, 1.807) is 13.3 Å². The first kappa shape index (κ1) is 12.3. The van der Waals surface area contributed by atoms with Crippen molar-refractivity contribution >= 4 is 7.37 Å². The van der Waals surface area contributed by atoms with E-state index in [2.05, 4.69) is 0 Å². The third-order valence-electron chi connectivity index (χ3n) is 1.78. The lowest BCUT2D eigenvalue weighted by Gasteiger charge is -2.09. The standard InChI is InChI=1S/C11H17O3P/c1-10-4-6-11(7-5-10)13-8-9-14-15(2,3)12/h4-7H,8-9H2,1-3H3. The van der Waals surface area contributed by atoms with Crippen molar-refractivity contribution in [1.29, 1.82) is 0 Å². The van der Waals surface area contributed by atoms with Crippen LogP contribution in [0.1, 0.15) is 5.56 Å². The van der Waals surface area contributed by atoms with Crippen LogP contribution in [-0.4, -0.2) is 26.5 Å². The summed E-state index contributed by atoms with van der Waals surface area (Å²) in [4.78, 5) is 0. The van der Waals surface area contributed by atoms with Gasteiger partial charge in [0, 0.05) is 13.3 Å². The van der Waals surface area contributed by atoms with Gasteiger partial charge in [0.15, 0.2) is 7.37 Å². The molecule has 0 saturated heterocycles. The van der Waals surface area contributed by atoms with E-state index in [-0.39, 0.29) is 0 Å². The smallest absolute Gasteiger partial charge is 0.197 e. The quantitative estimate of drug-likeness (QED) is 0.574. The maximum absolute atomic E-state index is 11.2. The van der Waals surface area contributed by atoms with Gasteiger partial charge in [0.2, 0.25) is 0 Å². The summed E-state index contributed by atoms with van der Waals surface area (Å²) < 4.78 is 21.7. The molecule has 1 rings (SSSR count). The molecular weight excluding hydrogens is 211 g/mol. The Kier molecular flexibility index (Phi) is 4.37. The van der Waals surface area contributed by atoms with Crippen LogP contribution < -0.4 is 4.74 Å². The Bertz CT molecular complexity index is 339. The van der Waals surface area contributed by atoms with E-state index in [4.69, 9.17) is 9.26 Å². The summed E-state index contributed by atoms with van der Waals surface area (Å²) in [7, 11) is -2.37. The van der Waals surface area contributed by atoms with Gasteiger partial charge < -0.3 is 9.26 Å². The van der Waals surface area contributed by atoms with Gasteiger partial charge >= 0.3 is 0 Å². The number of hydrogen-bond acceptors (Lipinski definition) is 3. The van der Waals surface area contributed by atoms with Crippen molar-refractivity contribution < 1.29 is 13.8 Å². The van der Waals surface area contributed by atoms with Gasteiger partial charge in [-0.1, -0.05) is 17.7 Å². The molecule has 0 unspecified atom stereocenters. The fourth-order valence-corrected chi connectivity index (χ4v) is 1.57. The first-order valence-corrected chi connectivity index (χ1v) is 7.38. The van der Waals surface area contributed by atoms with Gasteiger partial charge in [-0.15, -0.1) is 0 Å². The largest absolute Gasteiger partial charge is 0.491 e.